The zero-order valence-corrected chi connectivity index (χ0v) is 13.2. The molecule has 9 heteroatoms. The number of nitrogens with zero attached hydrogens (tertiary/aromatic N) is 6. The van der Waals surface area contributed by atoms with Crippen LogP contribution in [0.4, 0.5) is 11.6 Å². The van der Waals surface area contributed by atoms with Crippen LogP contribution in [-0.2, 0) is 0 Å². The number of hydrogen-bond donors (Lipinski definition) is 1. The molecule has 1 N–H and O–H groups in total. The van der Waals surface area contributed by atoms with Crippen molar-refractivity contribution >= 4 is 39.2 Å². The summed E-state index contributed by atoms with van der Waals surface area (Å²) in [6.45, 7) is 2.00. The predicted molar refractivity (Wildman–Crippen MR) is 81.9 cm³/mol. The van der Waals surface area contributed by atoms with E-state index < -0.39 is 0 Å². The van der Waals surface area contributed by atoms with Gasteiger partial charge in [-0.15, -0.1) is 0 Å². The van der Waals surface area contributed by atoms with Crippen LogP contribution in [0.1, 0.15) is 5.56 Å². The standard InChI is InChI=1S/C12H9BrClN7/c1-7-4-8(2-3-9(7)13)17-11-18-10(14)19-12(20-11)21-6-15-5-16-21/h2-6H,1H3,(H,17,18,19,20). The molecule has 2 heterocycles. The molecule has 0 aliphatic rings. The summed E-state index contributed by atoms with van der Waals surface area (Å²) in [5.41, 5.74) is 1.94. The van der Waals surface area contributed by atoms with Crippen molar-refractivity contribution in [3.05, 3.63) is 46.2 Å². The van der Waals surface area contributed by atoms with Gasteiger partial charge in [0.15, 0.2) is 0 Å². The third-order valence-corrected chi connectivity index (χ3v) is 3.69. The quantitative estimate of drug-likeness (QED) is 0.767. The Kier molecular flexibility index (Phi) is 3.80. The van der Waals surface area contributed by atoms with Crippen molar-refractivity contribution in [3.8, 4) is 5.95 Å². The second-order valence-electron chi connectivity index (χ2n) is 4.16. The Labute approximate surface area is 133 Å². The molecule has 0 unspecified atom stereocenters. The van der Waals surface area contributed by atoms with Crippen molar-refractivity contribution in [2.24, 2.45) is 0 Å². The van der Waals surface area contributed by atoms with E-state index in [0.29, 0.717) is 11.9 Å². The fraction of sp³-hybridized carbons (Fsp3) is 0.0833. The summed E-state index contributed by atoms with van der Waals surface area (Å²) in [5, 5.41) is 7.12. The van der Waals surface area contributed by atoms with Crippen molar-refractivity contribution < 1.29 is 0 Å². The van der Waals surface area contributed by atoms with Gasteiger partial charge >= 0.3 is 0 Å². The molecule has 0 aliphatic carbocycles. The van der Waals surface area contributed by atoms with Crippen molar-refractivity contribution in [1.82, 2.24) is 29.7 Å². The van der Waals surface area contributed by atoms with E-state index in [1.807, 2.05) is 25.1 Å². The second-order valence-corrected chi connectivity index (χ2v) is 5.35. The van der Waals surface area contributed by atoms with Crippen LogP contribution < -0.4 is 5.32 Å². The highest BCUT2D eigenvalue weighted by Crippen LogP contribution is 2.22. The number of aryl methyl sites for hydroxylation is 1. The Morgan fingerprint density at radius 2 is 2.10 bits per heavy atom. The zero-order valence-electron chi connectivity index (χ0n) is 10.8. The molecule has 1 aromatic carbocycles. The summed E-state index contributed by atoms with van der Waals surface area (Å²) in [5.74, 6) is 0.631. The Morgan fingerprint density at radius 3 is 2.81 bits per heavy atom. The topological polar surface area (TPSA) is 81.4 Å². The molecule has 0 radical (unpaired) electrons. The van der Waals surface area contributed by atoms with Gasteiger partial charge < -0.3 is 5.32 Å². The monoisotopic (exact) mass is 365 g/mol. The van der Waals surface area contributed by atoms with Crippen molar-refractivity contribution in [2.45, 2.75) is 6.92 Å². The molecule has 3 aromatic rings. The smallest absolute Gasteiger partial charge is 0.258 e. The van der Waals surface area contributed by atoms with Gasteiger partial charge in [0.25, 0.3) is 5.95 Å². The minimum Gasteiger partial charge on any atom is -0.324 e. The highest BCUT2D eigenvalue weighted by Gasteiger charge is 2.08. The molecular weight excluding hydrogens is 358 g/mol. The lowest BCUT2D eigenvalue weighted by Gasteiger charge is -2.08. The van der Waals surface area contributed by atoms with Crippen LogP contribution in [0.15, 0.2) is 35.3 Å². The molecule has 0 spiro atoms. The SMILES string of the molecule is Cc1cc(Nc2nc(Cl)nc(-n3cncn3)n2)ccc1Br. The molecule has 2 aromatic heterocycles. The summed E-state index contributed by atoms with van der Waals surface area (Å²) in [7, 11) is 0. The van der Waals surface area contributed by atoms with Gasteiger partial charge in [0, 0.05) is 10.2 Å². The number of rotatable bonds is 3. The number of aromatic nitrogens is 6. The van der Waals surface area contributed by atoms with E-state index in [4.69, 9.17) is 11.6 Å². The van der Waals surface area contributed by atoms with Crippen LogP contribution >= 0.6 is 27.5 Å². The lowest BCUT2D eigenvalue weighted by atomic mass is 10.2. The zero-order chi connectivity index (χ0) is 14.8. The molecule has 3 rings (SSSR count). The maximum absolute atomic E-state index is 5.92. The summed E-state index contributed by atoms with van der Waals surface area (Å²) >= 11 is 9.37. The van der Waals surface area contributed by atoms with Gasteiger partial charge in [0.05, 0.1) is 0 Å². The summed E-state index contributed by atoms with van der Waals surface area (Å²) in [6.07, 6.45) is 2.88. The van der Waals surface area contributed by atoms with Gasteiger partial charge in [-0.2, -0.15) is 24.7 Å². The lowest BCUT2D eigenvalue weighted by Crippen LogP contribution is -2.07. The normalized spacial score (nSPS) is 10.6. The van der Waals surface area contributed by atoms with Gasteiger partial charge in [0.2, 0.25) is 11.2 Å². The Hall–Kier alpha value is -2.06. The molecule has 0 atom stereocenters. The Bertz CT molecular complexity index is 775. The number of benzene rings is 1. The first-order valence-electron chi connectivity index (χ1n) is 5.91. The third-order valence-electron chi connectivity index (χ3n) is 2.63. The van der Waals surface area contributed by atoms with Crippen molar-refractivity contribution in [3.63, 3.8) is 0 Å². The van der Waals surface area contributed by atoms with E-state index in [0.717, 1.165) is 15.7 Å². The van der Waals surface area contributed by atoms with Crippen LogP contribution in [-0.4, -0.2) is 29.7 Å². The first kappa shape index (κ1) is 13.9. The average Bonchev–Trinajstić information content (AvgIpc) is 2.96. The fourth-order valence-electron chi connectivity index (χ4n) is 1.66. The molecule has 21 heavy (non-hydrogen) atoms. The largest absolute Gasteiger partial charge is 0.324 e. The molecule has 0 aliphatic heterocycles. The maximum Gasteiger partial charge on any atom is 0.258 e. The third kappa shape index (κ3) is 3.17. The molecule has 0 saturated carbocycles. The molecular formula is C12H9BrClN7. The van der Waals surface area contributed by atoms with Crippen LogP contribution in [0.3, 0.4) is 0 Å². The first-order chi connectivity index (χ1) is 10.1. The fourth-order valence-corrected chi connectivity index (χ4v) is 2.06. The van der Waals surface area contributed by atoms with E-state index in [2.05, 4.69) is 46.3 Å². The van der Waals surface area contributed by atoms with Crippen LogP contribution in [0, 0.1) is 6.92 Å². The Balaban J connectivity index is 1.93. The van der Waals surface area contributed by atoms with E-state index in [-0.39, 0.29) is 5.28 Å². The highest BCUT2D eigenvalue weighted by molar-refractivity contribution is 9.10. The first-order valence-corrected chi connectivity index (χ1v) is 7.09. The lowest BCUT2D eigenvalue weighted by molar-refractivity contribution is 0.796. The molecule has 106 valence electrons. The minimum atomic E-state index is 0.0758. The molecule has 0 amide bonds. The van der Waals surface area contributed by atoms with Gasteiger partial charge in [0.1, 0.15) is 12.7 Å². The van der Waals surface area contributed by atoms with E-state index in [1.54, 1.807) is 0 Å². The molecule has 7 nitrogen and oxygen atoms in total. The number of nitrogens with one attached hydrogen (secondary N) is 1. The maximum atomic E-state index is 5.92. The molecule has 0 saturated heterocycles. The molecule has 0 fully saturated rings. The predicted octanol–water partition coefficient (Wildman–Crippen LogP) is 2.92. The number of halogens is 2. The van der Waals surface area contributed by atoms with E-state index >= 15 is 0 Å². The average molecular weight is 367 g/mol. The van der Waals surface area contributed by atoms with Gasteiger partial charge in [-0.3, -0.25) is 0 Å². The van der Waals surface area contributed by atoms with E-state index in [1.165, 1.54) is 17.3 Å². The molecule has 0 bridgehead atoms. The second kappa shape index (κ2) is 5.74. The van der Waals surface area contributed by atoms with Crippen molar-refractivity contribution in [1.29, 1.82) is 0 Å². The highest BCUT2D eigenvalue weighted by atomic mass is 79.9. The minimum absolute atomic E-state index is 0.0758. The van der Waals surface area contributed by atoms with Crippen LogP contribution in [0.2, 0.25) is 5.28 Å². The summed E-state index contributed by atoms with van der Waals surface area (Å²) < 4.78 is 2.44. The van der Waals surface area contributed by atoms with Gasteiger partial charge in [-0.25, -0.2) is 4.98 Å². The summed E-state index contributed by atoms with van der Waals surface area (Å²) in [6, 6.07) is 5.82. The van der Waals surface area contributed by atoms with Gasteiger partial charge in [-0.1, -0.05) is 15.9 Å². The van der Waals surface area contributed by atoms with Crippen LogP contribution in [0.5, 0.6) is 0 Å². The number of anilines is 2. The van der Waals surface area contributed by atoms with Crippen LogP contribution in [0.25, 0.3) is 5.95 Å². The van der Waals surface area contributed by atoms with E-state index in [9.17, 15) is 0 Å². The van der Waals surface area contributed by atoms with Crippen molar-refractivity contribution in [2.75, 3.05) is 5.32 Å². The summed E-state index contributed by atoms with van der Waals surface area (Å²) in [4.78, 5) is 16.2. The van der Waals surface area contributed by atoms with Gasteiger partial charge in [-0.05, 0) is 42.3 Å². The number of hydrogen-bond acceptors (Lipinski definition) is 6. The Morgan fingerprint density at radius 1 is 1.24 bits per heavy atom.